The van der Waals surface area contributed by atoms with E-state index in [1.165, 1.54) is 0 Å². The van der Waals surface area contributed by atoms with Gasteiger partial charge < -0.3 is 10.1 Å². The van der Waals surface area contributed by atoms with Gasteiger partial charge in [-0.25, -0.2) is 4.98 Å². The first kappa shape index (κ1) is 9.69. The maximum Gasteiger partial charge on any atom is 0.124 e. The second-order valence-corrected chi connectivity index (χ2v) is 3.33. The van der Waals surface area contributed by atoms with Crippen molar-refractivity contribution in [2.75, 3.05) is 6.61 Å². The molecule has 1 aromatic heterocycles. The van der Waals surface area contributed by atoms with Crippen LogP contribution in [0.3, 0.4) is 0 Å². The van der Waals surface area contributed by atoms with Crippen LogP contribution in [0.15, 0.2) is 24.3 Å². The van der Waals surface area contributed by atoms with Gasteiger partial charge >= 0.3 is 0 Å². The monoisotopic (exact) mass is 201 g/mol. The maximum atomic E-state index is 8.91. The van der Waals surface area contributed by atoms with Crippen molar-refractivity contribution in [3.8, 4) is 6.07 Å². The fraction of sp³-hybridized carbons (Fsp3) is 0.273. The van der Waals surface area contributed by atoms with E-state index in [9.17, 15) is 0 Å². The van der Waals surface area contributed by atoms with E-state index < -0.39 is 0 Å². The molecule has 1 aromatic carbocycles. The zero-order valence-corrected chi connectivity index (χ0v) is 8.14. The number of nitrogens with zero attached hydrogens (tertiary/aromatic N) is 2. The number of aliphatic hydroxyl groups excluding tert-OH is 1. The van der Waals surface area contributed by atoms with E-state index in [2.05, 4.69) is 16.0 Å². The second kappa shape index (κ2) is 4.11. The van der Waals surface area contributed by atoms with Gasteiger partial charge in [-0.3, -0.25) is 0 Å². The van der Waals surface area contributed by atoms with Crippen LogP contribution in [0.25, 0.3) is 11.0 Å². The zero-order valence-electron chi connectivity index (χ0n) is 8.14. The van der Waals surface area contributed by atoms with Crippen molar-refractivity contribution >= 4 is 11.0 Å². The summed E-state index contributed by atoms with van der Waals surface area (Å²) < 4.78 is 0. The molecule has 76 valence electrons. The van der Waals surface area contributed by atoms with Crippen LogP contribution in [0, 0.1) is 11.3 Å². The standard InChI is InChI=1S/C11H11N3O/c12-7-8(5-6-15)11-13-9-3-1-2-4-10(9)14-11/h1-4,8,15H,5-6H2,(H,13,14). The molecule has 4 heteroatoms. The van der Waals surface area contributed by atoms with Crippen molar-refractivity contribution in [3.63, 3.8) is 0 Å². The fourth-order valence-corrected chi connectivity index (χ4v) is 1.53. The smallest absolute Gasteiger partial charge is 0.124 e. The summed E-state index contributed by atoms with van der Waals surface area (Å²) in [5.41, 5.74) is 1.77. The minimum atomic E-state index is -0.359. The van der Waals surface area contributed by atoms with Gasteiger partial charge in [-0.05, 0) is 18.6 Å². The molecule has 2 aromatic rings. The lowest BCUT2D eigenvalue weighted by Gasteiger charge is -2.01. The third-order valence-electron chi connectivity index (χ3n) is 2.31. The predicted octanol–water partition coefficient (Wildman–Crippen LogP) is 1.55. The highest BCUT2D eigenvalue weighted by atomic mass is 16.3. The summed E-state index contributed by atoms with van der Waals surface area (Å²) in [6.07, 6.45) is 0.413. The Morgan fingerprint density at radius 1 is 1.47 bits per heavy atom. The van der Waals surface area contributed by atoms with E-state index >= 15 is 0 Å². The van der Waals surface area contributed by atoms with E-state index in [1.54, 1.807) is 0 Å². The van der Waals surface area contributed by atoms with Crippen LogP contribution in [-0.4, -0.2) is 21.7 Å². The molecule has 0 aliphatic rings. The number of nitrogens with one attached hydrogen (secondary N) is 1. The normalized spacial score (nSPS) is 12.5. The molecule has 0 aliphatic heterocycles. The number of hydrogen-bond donors (Lipinski definition) is 2. The predicted molar refractivity (Wildman–Crippen MR) is 56.2 cm³/mol. The van der Waals surface area contributed by atoms with Crippen LogP contribution in [-0.2, 0) is 0 Å². The number of hydrogen-bond acceptors (Lipinski definition) is 3. The van der Waals surface area contributed by atoms with Crippen molar-refractivity contribution < 1.29 is 5.11 Å². The minimum absolute atomic E-state index is 0.00469. The summed E-state index contributed by atoms with van der Waals surface area (Å²) in [5, 5.41) is 17.7. The largest absolute Gasteiger partial charge is 0.396 e. The van der Waals surface area contributed by atoms with E-state index in [1.807, 2.05) is 24.3 Å². The Morgan fingerprint density at radius 3 is 2.93 bits per heavy atom. The van der Waals surface area contributed by atoms with Gasteiger partial charge in [0.1, 0.15) is 11.7 Å². The Hall–Kier alpha value is -1.86. The number of nitriles is 1. The lowest BCUT2D eigenvalue weighted by molar-refractivity contribution is 0.282. The molecule has 0 spiro atoms. The molecule has 0 bridgehead atoms. The Balaban J connectivity index is 2.39. The molecule has 1 unspecified atom stereocenters. The average Bonchev–Trinajstić information content (AvgIpc) is 2.69. The molecule has 0 aliphatic carbocycles. The number of benzene rings is 1. The summed E-state index contributed by atoms with van der Waals surface area (Å²) >= 11 is 0. The Morgan fingerprint density at radius 2 is 2.27 bits per heavy atom. The third-order valence-corrected chi connectivity index (χ3v) is 2.31. The topological polar surface area (TPSA) is 72.7 Å². The summed E-state index contributed by atoms with van der Waals surface area (Å²) in [6, 6.07) is 9.75. The second-order valence-electron chi connectivity index (χ2n) is 3.33. The van der Waals surface area contributed by atoms with Gasteiger partial charge in [0.25, 0.3) is 0 Å². The summed E-state index contributed by atoms with van der Waals surface area (Å²) in [5.74, 6) is 0.273. The zero-order chi connectivity index (χ0) is 10.7. The number of aromatic nitrogens is 2. The van der Waals surface area contributed by atoms with E-state index in [-0.39, 0.29) is 12.5 Å². The summed E-state index contributed by atoms with van der Waals surface area (Å²) in [4.78, 5) is 7.40. The average molecular weight is 201 g/mol. The van der Waals surface area contributed by atoms with E-state index in [0.29, 0.717) is 12.2 Å². The van der Waals surface area contributed by atoms with Crippen LogP contribution in [0.4, 0.5) is 0 Å². The minimum Gasteiger partial charge on any atom is -0.396 e. The first-order valence-corrected chi connectivity index (χ1v) is 4.80. The van der Waals surface area contributed by atoms with Crippen molar-refractivity contribution in [1.82, 2.24) is 9.97 Å². The van der Waals surface area contributed by atoms with Crippen molar-refractivity contribution in [1.29, 1.82) is 5.26 Å². The van der Waals surface area contributed by atoms with Gasteiger partial charge in [0.2, 0.25) is 0 Å². The molecule has 2 rings (SSSR count). The lowest BCUT2D eigenvalue weighted by atomic mass is 10.1. The molecular formula is C11H11N3O. The first-order chi connectivity index (χ1) is 7.35. The molecule has 0 radical (unpaired) electrons. The molecule has 1 heterocycles. The van der Waals surface area contributed by atoms with E-state index in [4.69, 9.17) is 10.4 Å². The molecule has 4 nitrogen and oxygen atoms in total. The number of aliphatic hydroxyl groups is 1. The summed E-state index contributed by atoms with van der Waals surface area (Å²) in [6.45, 7) is -0.00469. The Labute approximate surface area is 87.2 Å². The van der Waals surface area contributed by atoms with Gasteiger partial charge in [-0.1, -0.05) is 12.1 Å². The SMILES string of the molecule is N#CC(CCO)c1nc2ccccc2[nH]1. The van der Waals surface area contributed by atoms with Gasteiger partial charge in [-0.15, -0.1) is 0 Å². The highest BCUT2D eigenvalue weighted by molar-refractivity contribution is 5.74. The highest BCUT2D eigenvalue weighted by Gasteiger charge is 2.13. The van der Waals surface area contributed by atoms with Gasteiger partial charge in [0.15, 0.2) is 0 Å². The van der Waals surface area contributed by atoms with Crippen LogP contribution >= 0.6 is 0 Å². The third kappa shape index (κ3) is 1.83. The molecule has 0 saturated heterocycles. The van der Waals surface area contributed by atoms with Crippen LogP contribution in [0.5, 0.6) is 0 Å². The molecule has 0 saturated carbocycles. The van der Waals surface area contributed by atoms with Crippen LogP contribution in [0.1, 0.15) is 18.2 Å². The maximum absolute atomic E-state index is 8.91. The number of H-pyrrole nitrogens is 1. The molecule has 2 N–H and O–H groups in total. The van der Waals surface area contributed by atoms with Gasteiger partial charge in [0.05, 0.1) is 17.1 Å². The molecule has 15 heavy (non-hydrogen) atoms. The number of fused-ring (bicyclic) bond motifs is 1. The molecule has 0 amide bonds. The van der Waals surface area contributed by atoms with Gasteiger partial charge in [-0.2, -0.15) is 5.26 Å². The van der Waals surface area contributed by atoms with Crippen molar-refractivity contribution in [2.45, 2.75) is 12.3 Å². The van der Waals surface area contributed by atoms with Gasteiger partial charge in [0, 0.05) is 6.61 Å². The van der Waals surface area contributed by atoms with Crippen molar-refractivity contribution in [3.05, 3.63) is 30.1 Å². The highest BCUT2D eigenvalue weighted by Crippen LogP contribution is 2.19. The van der Waals surface area contributed by atoms with E-state index in [0.717, 1.165) is 11.0 Å². The number of aromatic amines is 1. The molecular weight excluding hydrogens is 190 g/mol. The number of rotatable bonds is 3. The quantitative estimate of drug-likeness (QED) is 0.791. The van der Waals surface area contributed by atoms with Crippen LogP contribution in [0.2, 0.25) is 0 Å². The Bertz CT molecular complexity index is 465. The molecule has 1 atom stereocenters. The lowest BCUT2D eigenvalue weighted by Crippen LogP contribution is -2.00. The van der Waals surface area contributed by atoms with Crippen molar-refractivity contribution in [2.24, 2.45) is 0 Å². The van der Waals surface area contributed by atoms with Crippen LogP contribution < -0.4 is 0 Å². The first-order valence-electron chi connectivity index (χ1n) is 4.80. The Kier molecular flexibility index (Phi) is 2.66. The molecule has 0 fully saturated rings. The number of imidazole rings is 1. The fourth-order valence-electron chi connectivity index (χ4n) is 1.53. The number of para-hydroxylation sites is 2. The summed E-state index contributed by atoms with van der Waals surface area (Å²) in [7, 11) is 0.